The van der Waals surface area contributed by atoms with Crippen LogP contribution in [0.2, 0.25) is 0 Å². The van der Waals surface area contributed by atoms with E-state index in [2.05, 4.69) is 66.6 Å². The molecular formula is C37H38N4. The first-order chi connectivity index (χ1) is 20.0. The molecule has 0 heterocycles. The van der Waals surface area contributed by atoms with Crippen molar-refractivity contribution >= 4 is 46.8 Å². The molecule has 0 atom stereocenters. The number of fused-ring (bicyclic) bond motifs is 1. The average Bonchev–Trinajstić information content (AvgIpc) is 3.00. The fourth-order valence-electron chi connectivity index (χ4n) is 4.47. The minimum Gasteiger partial charge on any atom is -0.355 e. The zero-order chi connectivity index (χ0) is 29.6. The Morgan fingerprint density at radius 1 is 0.951 bits per heavy atom. The van der Waals surface area contributed by atoms with Crippen LogP contribution in [0.25, 0.3) is 28.0 Å². The minimum atomic E-state index is 0.646. The van der Waals surface area contributed by atoms with Gasteiger partial charge < -0.3 is 15.6 Å². The van der Waals surface area contributed by atoms with E-state index in [1.807, 2.05) is 98.6 Å². The molecule has 0 bridgehead atoms. The molecule has 0 aliphatic carbocycles. The molecule has 2 N–H and O–H groups in total. The highest BCUT2D eigenvalue weighted by atomic mass is 15.1. The van der Waals surface area contributed by atoms with E-state index in [-0.39, 0.29) is 0 Å². The Hall–Kier alpha value is -5.22. The number of hydrogen-bond donors (Lipinski definition) is 2. The van der Waals surface area contributed by atoms with Crippen LogP contribution in [0.5, 0.6) is 0 Å². The Labute approximate surface area is 244 Å². The predicted octanol–water partition coefficient (Wildman–Crippen LogP) is 10.2. The van der Waals surface area contributed by atoms with Crippen molar-refractivity contribution in [3.05, 3.63) is 145 Å². The van der Waals surface area contributed by atoms with Crippen LogP contribution in [0, 0.1) is 5.41 Å². The second-order valence-corrected chi connectivity index (χ2v) is 9.26. The van der Waals surface area contributed by atoms with E-state index in [9.17, 15) is 0 Å². The molecule has 4 aromatic carbocycles. The number of hydrogen-bond acceptors (Lipinski definition) is 4. The number of para-hydroxylation sites is 1. The third kappa shape index (κ3) is 7.90. The number of rotatable bonds is 10. The van der Waals surface area contributed by atoms with Crippen molar-refractivity contribution in [2.24, 2.45) is 4.99 Å². The molecule has 0 radical (unpaired) electrons. The van der Waals surface area contributed by atoms with Gasteiger partial charge in [-0.05, 0) is 67.2 Å². The molecule has 4 aromatic rings. The summed E-state index contributed by atoms with van der Waals surface area (Å²) in [6.07, 6.45) is 12.6. The molecule has 0 amide bonds. The van der Waals surface area contributed by atoms with Gasteiger partial charge in [-0.15, -0.1) is 0 Å². The number of aliphatic imine (C=N–C) groups is 1. The van der Waals surface area contributed by atoms with Gasteiger partial charge in [0.15, 0.2) is 0 Å². The molecule has 0 aliphatic heterocycles. The molecule has 41 heavy (non-hydrogen) atoms. The van der Waals surface area contributed by atoms with Gasteiger partial charge in [-0.2, -0.15) is 0 Å². The highest BCUT2D eigenvalue weighted by Crippen LogP contribution is 2.39. The maximum atomic E-state index is 7.84. The van der Waals surface area contributed by atoms with Gasteiger partial charge in [0.2, 0.25) is 0 Å². The van der Waals surface area contributed by atoms with Gasteiger partial charge in [0.25, 0.3) is 0 Å². The van der Waals surface area contributed by atoms with Crippen LogP contribution in [0.3, 0.4) is 0 Å². The summed E-state index contributed by atoms with van der Waals surface area (Å²) < 4.78 is 0. The van der Waals surface area contributed by atoms with Gasteiger partial charge in [0, 0.05) is 41.5 Å². The van der Waals surface area contributed by atoms with Crippen LogP contribution in [0.4, 0.5) is 17.1 Å². The number of benzene rings is 4. The fraction of sp³-hybridized carbons (Fsp3) is 0.0811. The Morgan fingerprint density at radius 3 is 2.22 bits per heavy atom. The standard InChI is InChI=1S/C29H26N4.C8H12/c1-4-25-26-18-27(21-11-7-5-8-12-21)29(33(3)24(19-30)20-31-2)17-22(26)15-16-28(25)32-23-13-9-6-10-14-23;1-4-6-8(3)7-5-2/h4-20,30,32H,1-2H2,3H3;4-7H,1H2,2-3H3/b24-20+,30-19?;7-5-,8-6-. The van der Waals surface area contributed by atoms with E-state index < -0.39 is 0 Å². The third-order valence-corrected chi connectivity index (χ3v) is 6.45. The quantitative estimate of drug-likeness (QED) is 0.156. The number of anilines is 3. The summed E-state index contributed by atoms with van der Waals surface area (Å²) in [5.74, 6) is 0. The summed E-state index contributed by atoms with van der Waals surface area (Å²) >= 11 is 0. The number of nitrogens with zero attached hydrogens (tertiary/aromatic N) is 2. The molecule has 4 nitrogen and oxygen atoms in total. The molecule has 0 spiro atoms. The maximum absolute atomic E-state index is 7.84. The first kappa shape index (κ1) is 30.3. The van der Waals surface area contributed by atoms with Crippen molar-refractivity contribution in [2.45, 2.75) is 13.8 Å². The maximum Gasteiger partial charge on any atom is 0.0772 e. The lowest BCUT2D eigenvalue weighted by molar-refractivity contribution is 1.15. The topological polar surface area (TPSA) is 51.5 Å². The van der Waals surface area contributed by atoms with Crippen molar-refractivity contribution in [3.8, 4) is 11.1 Å². The molecule has 0 aromatic heterocycles. The highest BCUT2D eigenvalue weighted by molar-refractivity contribution is 6.03. The lowest BCUT2D eigenvalue weighted by Crippen LogP contribution is -2.18. The summed E-state index contributed by atoms with van der Waals surface area (Å²) in [6.45, 7) is 15.3. The Bertz CT molecular complexity index is 1590. The van der Waals surface area contributed by atoms with E-state index in [1.165, 1.54) is 11.8 Å². The molecule has 0 saturated carbocycles. The van der Waals surface area contributed by atoms with Crippen molar-refractivity contribution in [2.75, 3.05) is 17.3 Å². The van der Waals surface area contributed by atoms with Crippen LogP contribution >= 0.6 is 0 Å². The highest BCUT2D eigenvalue weighted by Gasteiger charge is 2.16. The van der Waals surface area contributed by atoms with Crippen molar-refractivity contribution in [1.29, 1.82) is 5.41 Å². The Morgan fingerprint density at radius 2 is 1.63 bits per heavy atom. The molecule has 0 saturated heterocycles. The minimum absolute atomic E-state index is 0.646. The summed E-state index contributed by atoms with van der Waals surface area (Å²) in [4.78, 5) is 5.84. The molecule has 206 valence electrons. The molecule has 0 aliphatic rings. The second-order valence-electron chi connectivity index (χ2n) is 9.26. The Kier molecular flexibility index (Phi) is 11.4. The van der Waals surface area contributed by atoms with Crippen LogP contribution in [0.1, 0.15) is 19.4 Å². The molecular weight excluding hydrogens is 500 g/mol. The summed E-state index contributed by atoms with van der Waals surface area (Å²) in [5, 5.41) is 13.5. The molecule has 4 rings (SSSR count). The van der Waals surface area contributed by atoms with Crippen LogP contribution in [0.15, 0.2) is 145 Å². The first-order valence-electron chi connectivity index (χ1n) is 13.4. The smallest absolute Gasteiger partial charge is 0.0772 e. The van der Waals surface area contributed by atoms with Crippen LogP contribution in [-0.4, -0.2) is 20.0 Å². The fourth-order valence-corrected chi connectivity index (χ4v) is 4.47. The van der Waals surface area contributed by atoms with Crippen LogP contribution in [-0.2, 0) is 0 Å². The van der Waals surface area contributed by atoms with E-state index in [1.54, 1.807) is 12.3 Å². The molecule has 0 unspecified atom stereocenters. The molecule has 0 fully saturated rings. The molecule has 4 heteroatoms. The van der Waals surface area contributed by atoms with Crippen molar-refractivity contribution < 1.29 is 0 Å². The van der Waals surface area contributed by atoms with Crippen LogP contribution < -0.4 is 10.2 Å². The SMILES string of the molecule is C=C/C=C(C)\C=C/C.C=Cc1c(Nc2ccccc2)ccc2cc(N(C)/C(C=N)=C/N=C)c(-c3ccccc3)cc12. The van der Waals surface area contributed by atoms with E-state index in [4.69, 9.17) is 5.41 Å². The largest absolute Gasteiger partial charge is 0.355 e. The second kappa shape index (κ2) is 15.4. The van der Waals surface area contributed by atoms with Gasteiger partial charge in [-0.1, -0.05) is 104 Å². The van der Waals surface area contributed by atoms with E-state index >= 15 is 0 Å². The van der Waals surface area contributed by atoms with Gasteiger partial charge >= 0.3 is 0 Å². The normalized spacial score (nSPS) is 11.4. The zero-order valence-electron chi connectivity index (χ0n) is 24.1. The number of nitrogens with one attached hydrogen (secondary N) is 2. The summed E-state index contributed by atoms with van der Waals surface area (Å²) in [7, 11) is 1.94. The average molecular weight is 539 g/mol. The van der Waals surface area contributed by atoms with E-state index in [0.717, 1.165) is 44.5 Å². The zero-order valence-corrected chi connectivity index (χ0v) is 24.1. The lowest BCUT2D eigenvalue weighted by Gasteiger charge is -2.24. The van der Waals surface area contributed by atoms with Gasteiger partial charge in [0.1, 0.15) is 0 Å². The predicted molar refractivity (Wildman–Crippen MR) is 183 cm³/mol. The number of allylic oxidation sites excluding steroid dienone is 6. The van der Waals surface area contributed by atoms with Gasteiger partial charge in [-0.25, -0.2) is 0 Å². The Balaban J connectivity index is 0.000000507. The monoisotopic (exact) mass is 538 g/mol. The van der Waals surface area contributed by atoms with Crippen molar-refractivity contribution in [3.63, 3.8) is 0 Å². The van der Waals surface area contributed by atoms with Gasteiger partial charge in [-0.3, -0.25) is 4.99 Å². The third-order valence-electron chi connectivity index (χ3n) is 6.45. The van der Waals surface area contributed by atoms with E-state index in [0.29, 0.717) is 5.70 Å². The first-order valence-corrected chi connectivity index (χ1v) is 13.4. The lowest BCUT2D eigenvalue weighted by atomic mass is 9.94. The summed E-state index contributed by atoms with van der Waals surface area (Å²) in [5.41, 5.74) is 8.08. The van der Waals surface area contributed by atoms with Crippen molar-refractivity contribution in [1.82, 2.24) is 0 Å². The summed E-state index contributed by atoms with van der Waals surface area (Å²) in [6, 6.07) is 28.9. The van der Waals surface area contributed by atoms with Gasteiger partial charge in [0.05, 0.1) is 11.9 Å².